The Kier molecular flexibility index (Phi) is 5.63. The van der Waals surface area contributed by atoms with Crippen LogP contribution in [0, 0.1) is 5.92 Å². The second kappa shape index (κ2) is 7.28. The van der Waals surface area contributed by atoms with Crippen molar-refractivity contribution in [1.82, 2.24) is 10.2 Å². The maximum atomic E-state index is 12.5. The molecule has 0 saturated carbocycles. The predicted octanol–water partition coefficient (Wildman–Crippen LogP) is 2.32. The van der Waals surface area contributed by atoms with Crippen LogP contribution in [-0.2, 0) is 9.59 Å². The molecule has 0 spiro atoms. The molecule has 1 atom stereocenters. The molecule has 22 heavy (non-hydrogen) atoms. The number of fused-ring (bicyclic) bond motifs is 1. The van der Waals surface area contributed by atoms with Crippen LogP contribution >= 0.6 is 28.1 Å². The van der Waals surface area contributed by atoms with Gasteiger partial charge in [-0.2, -0.15) is 0 Å². The molecule has 0 aromatic carbocycles. The zero-order chi connectivity index (χ0) is 16.3. The molecule has 0 bridgehead atoms. The molecular weight excluding hydrogens is 366 g/mol. The first kappa shape index (κ1) is 17.0. The van der Waals surface area contributed by atoms with Crippen LogP contribution in [0.5, 0.6) is 0 Å². The number of amides is 2. The number of allylic oxidation sites excluding steroid dienone is 3. The van der Waals surface area contributed by atoms with E-state index in [1.807, 2.05) is 26.0 Å². The van der Waals surface area contributed by atoms with E-state index >= 15 is 0 Å². The van der Waals surface area contributed by atoms with Crippen LogP contribution in [0.2, 0.25) is 0 Å². The summed E-state index contributed by atoms with van der Waals surface area (Å²) in [6, 6.07) is 0.119. The van der Waals surface area contributed by atoms with E-state index in [2.05, 4.69) is 26.2 Å². The van der Waals surface area contributed by atoms with Gasteiger partial charge in [-0.1, -0.05) is 22.0 Å². The molecule has 1 aliphatic heterocycles. The highest BCUT2D eigenvalue weighted by molar-refractivity contribution is 9.11. The molecule has 2 aliphatic rings. The first-order valence-corrected chi connectivity index (χ1v) is 8.37. The summed E-state index contributed by atoms with van der Waals surface area (Å²) in [4.78, 5) is 30.0. The van der Waals surface area contributed by atoms with Gasteiger partial charge in [-0.15, -0.1) is 0 Å². The Morgan fingerprint density at radius 3 is 2.91 bits per heavy atom. The number of hydrogen-bond donors (Lipinski definition) is 1. The molecule has 2 amide bonds. The fourth-order valence-electron chi connectivity index (χ4n) is 2.30. The molecule has 2 rings (SSSR count). The molecule has 0 fully saturated rings. The van der Waals surface area contributed by atoms with Crippen molar-refractivity contribution in [3.63, 3.8) is 0 Å². The van der Waals surface area contributed by atoms with Crippen LogP contribution in [0.4, 0.5) is 0 Å². The highest BCUT2D eigenvalue weighted by Gasteiger charge is 2.34. The third-order valence-corrected chi connectivity index (χ3v) is 4.12. The molecule has 0 aromatic heterocycles. The van der Waals surface area contributed by atoms with Crippen LogP contribution < -0.4 is 5.32 Å². The van der Waals surface area contributed by atoms with Crippen LogP contribution in [0.15, 0.2) is 27.7 Å². The van der Waals surface area contributed by atoms with Crippen molar-refractivity contribution in [2.75, 3.05) is 6.54 Å². The summed E-state index contributed by atoms with van der Waals surface area (Å²) in [6.45, 7) is 4.24. The van der Waals surface area contributed by atoms with Gasteiger partial charge in [0.05, 0.1) is 5.71 Å². The summed E-state index contributed by atoms with van der Waals surface area (Å²) < 4.78 is 0.855. The van der Waals surface area contributed by atoms with Crippen LogP contribution in [0.3, 0.4) is 0 Å². The molecule has 1 heterocycles. The van der Waals surface area contributed by atoms with Gasteiger partial charge in [0.2, 0.25) is 16.9 Å². The molecule has 1 unspecified atom stereocenters. The number of aliphatic imine (C=N–C) groups is 1. The largest absolute Gasteiger partial charge is 0.354 e. The lowest BCUT2D eigenvalue weighted by atomic mass is 9.95. The summed E-state index contributed by atoms with van der Waals surface area (Å²) in [5.74, 6) is -0.492. The number of carbonyl (C=O) groups excluding carboxylic acids is 2. The van der Waals surface area contributed by atoms with Crippen LogP contribution in [-0.4, -0.2) is 40.1 Å². The van der Waals surface area contributed by atoms with Crippen molar-refractivity contribution < 1.29 is 9.59 Å². The van der Waals surface area contributed by atoms with Gasteiger partial charge in [0, 0.05) is 23.5 Å². The van der Waals surface area contributed by atoms with Crippen molar-refractivity contribution in [2.24, 2.45) is 10.9 Å². The summed E-state index contributed by atoms with van der Waals surface area (Å²) in [6.07, 6.45) is 6.39. The van der Waals surface area contributed by atoms with E-state index in [0.717, 1.165) is 4.48 Å². The lowest BCUT2D eigenvalue weighted by molar-refractivity contribution is -0.129. The second-order valence-corrected chi connectivity index (χ2v) is 6.78. The Bertz CT molecular complexity index is 596. The number of hydrogen-bond acceptors (Lipinski definition) is 3. The summed E-state index contributed by atoms with van der Waals surface area (Å²) in [5.41, 5.74) is 0.673. The van der Waals surface area contributed by atoms with Gasteiger partial charge in [-0.3, -0.25) is 14.5 Å². The normalized spacial score (nSPS) is 20.7. The first-order chi connectivity index (χ1) is 10.4. The standard InChI is InChI=1S/C15H18BrN3O2S/c1-9(2)17-13(20)4-3-7-19-14(21)11-8-10(16)5-6-12(11)18-15(19)22/h5-6,8-9,11H,3-4,7H2,1-2H3,(H,17,20). The Balaban J connectivity index is 1.96. The number of nitrogens with one attached hydrogen (secondary N) is 1. The van der Waals surface area contributed by atoms with Crippen molar-refractivity contribution >= 4 is 50.8 Å². The average molecular weight is 384 g/mol. The Hall–Kier alpha value is -1.34. The van der Waals surface area contributed by atoms with Gasteiger partial charge in [0.1, 0.15) is 5.92 Å². The highest BCUT2D eigenvalue weighted by atomic mass is 79.9. The van der Waals surface area contributed by atoms with Gasteiger partial charge >= 0.3 is 0 Å². The lowest BCUT2D eigenvalue weighted by Gasteiger charge is -2.30. The predicted molar refractivity (Wildman–Crippen MR) is 93.9 cm³/mol. The van der Waals surface area contributed by atoms with Crippen molar-refractivity contribution in [3.05, 3.63) is 22.7 Å². The molecular formula is C15H18BrN3O2S. The first-order valence-electron chi connectivity index (χ1n) is 7.17. The summed E-state index contributed by atoms with van der Waals surface area (Å²) in [7, 11) is 0. The number of rotatable bonds is 5. The zero-order valence-corrected chi connectivity index (χ0v) is 14.9. The smallest absolute Gasteiger partial charge is 0.241 e. The van der Waals surface area contributed by atoms with Gasteiger partial charge in [-0.25, -0.2) is 4.99 Å². The molecule has 118 valence electrons. The zero-order valence-electron chi connectivity index (χ0n) is 12.5. The number of halogens is 1. The van der Waals surface area contributed by atoms with E-state index in [9.17, 15) is 9.59 Å². The van der Waals surface area contributed by atoms with Gasteiger partial charge in [0.25, 0.3) is 0 Å². The molecule has 0 aromatic rings. The monoisotopic (exact) mass is 383 g/mol. The van der Waals surface area contributed by atoms with Crippen LogP contribution in [0.25, 0.3) is 0 Å². The fraction of sp³-hybridized carbons (Fsp3) is 0.467. The number of thiocarbonyl (C=S) groups is 1. The quantitative estimate of drug-likeness (QED) is 0.741. The fourth-order valence-corrected chi connectivity index (χ4v) is 2.99. The minimum atomic E-state index is -0.393. The van der Waals surface area contributed by atoms with Gasteiger partial charge < -0.3 is 5.32 Å². The lowest BCUT2D eigenvalue weighted by Crippen LogP contribution is -2.46. The van der Waals surface area contributed by atoms with Crippen LogP contribution in [0.1, 0.15) is 26.7 Å². The van der Waals surface area contributed by atoms with E-state index in [-0.39, 0.29) is 23.0 Å². The minimum absolute atomic E-state index is 0.0159. The third kappa shape index (κ3) is 4.10. The summed E-state index contributed by atoms with van der Waals surface area (Å²) >= 11 is 8.57. The maximum Gasteiger partial charge on any atom is 0.241 e. The molecule has 1 N–H and O–H groups in total. The van der Waals surface area contributed by atoms with Crippen molar-refractivity contribution in [3.8, 4) is 0 Å². The highest BCUT2D eigenvalue weighted by Crippen LogP contribution is 2.25. The van der Waals surface area contributed by atoms with E-state index in [0.29, 0.717) is 25.1 Å². The molecule has 5 nitrogen and oxygen atoms in total. The van der Waals surface area contributed by atoms with Gasteiger partial charge in [-0.05, 0) is 44.6 Å². The molecule has 7 heteroatoms. The maximum absolute atomic E-state index is 12.5. The molecule has 0 radical (unpaired) electrons. The Labute approximate surface area is 143 Å². The van der Waals surface area contributed by atoms with Crippen molar-refractivity contribution in [1.29, 1.82) is 0 Å². The minimum Gasteiger partial charge on any atom is -0.354 e. The Morgan fingerprint density at radius 1 is 1.50 bits per heavy atom. The molecule has 1 aliphatic carbocycles. The average Bonchev–Trinajstić information content (AvgIpc) is 2.42. The summed E-state index contributed by atoms with van der Waals surface area (Å²) in [5, 5.41) is 3.10. The SMILES string of the molecule is CC(C)NC(=O)CCCN1C(=O)C2C=C(Br)C=CC2=NC1=S. The Morgan fingerprint density at radius 2 is 2.23 bits per heavy atom. The van der Waals surface area contributed by atoms with Gasteiger partial charge in [0.15, 0.2) is 0 Å². The van der Waals surface area contributed by atoms with E-state index in [1.54, 1.807) is 6.08 Å². The van der Waals surface area contributed by atoms with E-state index in [1.165, 1.54) is 4.90 Å². The third-order valence-electron chi connectivity index (χ3n) is 3.28. The topological polar surface area (TPSA) is 61.8 Å². The second-order valence-electron chi connectivity index (χ2n) is 5.50. The number of nitrogens with zero attached hydrogens (tertiary/aromatic N) is 2. The number of carbonyl (C=O) groups is 2. The van der Waals surface area contributed by atoms with Crippen molar-refractivity contribution in [2.45, 2.75) is 32.7 Å². The molecule has 0 saturated heterocycles. The van der Waals surface area contributed by atoms with E-state index < -0.39 is 5.92 Å². The van der Waals surface area contributed by atoms with E-state index in [4.69, 9.17) is 12.2 Å².